The van der Waals surface area contributed by atoms with Gasteiger partial charge in [0.15, 0.2) is 0 Å². The Morgan fingerprint density at radius 1 is 0.778 bits per heavy atom. The fourth-order valence-corrected chi connectivity index (χ4v) is 3.52. The molecule has 27 heavy (non-hydrogen) atoms. The van der Waals surface area contributed by atoms with Crippen molar-refractivity contribution in [2.75, 3.05) is 0 Å². The van der Waals surface area contributed by atoms with E-state index < -0.39 is 13.2 Å². The first-order chi connectivity index (χ1) is 13.0. The zero-order valence-electron chi connectivity index (χ0n) is 14.2. The van der Waals surface area contributed by atoms with Crippen LogP contribution in [0.1, 0.15) is 16.7 Å². The van der Waals surface area contributed by atoms with Crippen molar-refractivity contribution < 1.29 is 24.1 Å². The summed E-state index contributed by atoms with van der Waals surface area (Å²) in [5, 5.41) is 12.8. The molecule has 3 N–H and O–H groups in total. The van der Waals surface area contributed by atoms with Crippen molar-refractivity contribution in [3.8, 4) is 5.75 Å². The summed E-state index contributed by atoms with van der Waals surface area (Å²) in [5.74, 6) is 0.0445. The molecule has 0 bridgehead atoms. The lowest BCUT2D eigenvalue weighted by Gasteiger charge is -2.31. The Labute approximate surface area is 156 Å². The molecule has 3 aromatic rings. The molecule has 0 aliphatic carbocycles. The Bertz CT molecular complexity index is 913. The molecule has 3 rings (SSSR count). The second kappa shape index (κ2) is 7.76. The van der Waals surface area contributed by atoms with Gasteiger partial charge in [0.05, 0.1) is 11.6 Å². The number of nitrogens with zero attached hydrogens (tertiary/aromatic N) is 1. The summed E-state index contributed by atoms with van der Waals surface area (Å²) in [7, 11) is -4.64. The maximum atomic E-state index is 11.0. The second-order valence-corrected chi connectivity index (χ2v) is 7.05. The normalized spacial score (nSPS) is 12.2. The third-order valence-electron chi connectivity index (χ3n) is 4.24. The number of rotatable bonds is 6. The van der Waals surface area contributed by atoms with Gasteiger partial charge in [-0.15, -0.1) is 5.16 Å². The number of phosphoric acid groups is 1. The van der Waals surface area contributed by atoms with E-state index in [1.807, 2.05) is 60.7 Å². The molecule has 0 aromatic heterocycles. The zero-order valence-corrected chi connectivity index (χ0v) is 15.1. The molecule has 0 saturated heterocycles. The summed E-state index contributed by atoms with van der Waals surface area (Å²) in [6, 6.07) is 25.4. The quantitative estimate of drug-likeness (QED) is 0.197. The van der Waals surface area contributed by atoms with Crippen LogP contribution in [0.5, 0.6) is 5.75 Å². The molecule has 0 saturated carbocycles. The largest absolute Gasteiger partial charge is 0.524 e. The zero-order chi connectivity index (χ0) is 19.3. The number of oxime groups is 1. The molecule has 0 spiro atoms. The van der Waals surface area contributed by atoms with Crippen molar-refractivity contribution in [1.82, 2.24) is 0 Å². The van der Waals surface area contributed by atoms with Crippen LogP contribution in [0.3, 0.4) is 0 Å². The first-order valence-electron chi connectivity index (χ1n) is 8.11. The molecule has 0 aliphatic rings. The maximum absolute atomic E-state index is 11.0. The molecule has 0 fully saturated rings. The maximum Gasteiger partial charge on any atom is 0.524 e. The van der Waals surface area contributed by atoms with Crippen LogP contribution in [0.15, 0.2) is 90.1 Å². The van der Waals surface area contributed by atoms with Crippen LogP contribution in [-0.2, 0) is 9.98 Å². The van der Waals surface area contributed by atoms with Crippen LogP contribution in [0.2, 0.25) is 0 Å². The highest BCUT2D eigenvalue weighted by Crippen LogP contribution is 2.41. The van der Waals surface area contributed by atoms with Crippen molar-refractivity contribution in [3.63, 3.8) is 0 Å². The van der Waals surface area contributed by atoms with Gasteiger partial charge in [-0.2, -0.15) is 0 Å². The smallest absolute Gasteiger partial charge is 0.411 e. The van der Waals surface area contributed by atoms with Crippen LogP contribution in [0.4, 0.5) is 0 Å². The molecular formula is C20H18NO5P. The monoisotopic (exact) mass is 383 g/mol. The highest BCUT2D eigenvalue weighted by atomic mass is 31.2. The minimum Gasteiger partial charge on any atom is -0.411 e. The molecule has 7 heteroatoms. The Morgan fingerprint density at radius 2 is 1.22 bits per heavy atom. The predicted molar refractivity (Wildman–Crippen MR) is 102 cm³/mol. The summed E-state index contributed by atoms with van der Waals surface area (Å²) in [6.45, 7) is 0. The molecule has 0 unspecified atom stereocenters. The van der Waals surface area contributed by atoms with Gasteiger partial charge < -0.3 is 9.73 Å². The van der Waals surface area contributed by atoms with E-state index in [4.69, 9.17) is 9.79 Å². The Hall–Kier alpha value is -2.92. The van der Waals surface area contributed by atoms with Crippen molar-refractivity contribution in [3.05, 3.63) is 102 Å². The van der Waals surface area contributed by atoms with E-state index in [1.54, 1.807) is 12.1 Å². The second-order valence-electron chi connectivity index (χ2n) is 5.89. The van der Waals surface area contributed by atoms with Crippen LogP contribution >= 0.6 is 7.82 Å². The Morgan fingerprint density at radius 3 is 1.63 bits per heavy atom. The molecular weight excluding hydrogens is 365 g/mol. The van der Waals surface area contributed by atoms with Crippen LogP contribution < -0.4 is 4.52 Å². The van der Waals surface area contributed by atoms with Crippen LogP contribution in [-0.4, -0.2) is 21.2 Å². The van der Waals surface area contributed by atoms with Crippen LogP contribution in [0.25, 0.3) is 0 Å². The molecule has 0 aliphatic heterocycles. The third-order valence-corrected chi connectivity index (χ3v) is 4.69. The van der Waals surface area contributed by atoms with Gasteiger partial charge in [-0.3, -0.25) is 9.79 Å². The van der Waals surface area contributed by atoms with Gasteiger partial charge in [0.1, 0.15) is 5.75 Å². The standard InChI is InChI=1S/C20H18NO5P/c22-21-15-20(16-7-3-1-4-8-16,17-9-5-2-6-10-17)18-11-13-19(14-12-18)26-27(23,24)25/h1-15,22H,(H2,23,24,25). The molecule has 138 valence electrons. The van der Waals surface area contributed by atoms with Crippen molar-refractivity contribution in [2.45, 2.75) is 5.41 Å². The Balaban J connectivity index is 2.20. The molecule has 0 atom stereocenters. The van der Waals surface area contributed by atoms with E-state index >= 15 is 0 Å². The lowest BCUT2D eigenvalue weighted by Crippen LogP contribution is -2.31. The molecule has 0 heterocycles. The van der Waals surface area contributed by atoms with Gasteiger partial charge in [-0.1, -0.05) is 72.8 Å². The van der Waals surface area contributed by atoms with E-state index in [1.165, 1.54) is 18.3 Å². The van der Waals surface area contributed by atoms with E-state index in [2.05, 4.69) is 9.68 Å². The third kappa shape index (κ3) is 4.09. The van der Waals surface area contributed by atoms with E-state index in [-0.39, 0.29) is 5.75 Å². The lowest BCUT2D eigenvalue weighted by atomic mass is 9.70. The highest BCUT2D eigenvalue weighted by Gasteiger charge is 2.35. The van der Waals surface area contributed by atoms with Crippen molar-refractivity contribution in [1.29, 1.82) is 0 Å². The average molecular weight is 383 g/mol. The van der Waals surface area contributed by atoms with Gasteiger partial charge in [0, 0.05) is 0 Å². The van der Waals surface area contributed by atoms with Crippen molar-refractivity contribution >= 4 is 14.0 Å². The van der Waals surface area contributed by atoms with E-state index in [9.17, 15) is 9.77 Å². The summed E-state index contributed by atoms with van der Waals surface area (Å²) in [6.07, 6.45) is 1.44. The SMILES string of the molecule is O=P(O)(O)Oc1ccc(C(C=NO)(c2ccccc2)c2ccccc2)cc1. The topological polar surface area (TPSA) is 99.4 Å². The fraction of sp³-hybridized carbons (Fsp3) is 0.0500. The Kier molecular flexibility index (Phi) is 5.42. The number of benzene rings is 3. The van der Waals surface area contributed by atoms with Gasteiger partial charge in [0.25, 0.3) is 0 Å². The molecule has 6 nitrogen and oxygen atoms in total. The first kappa shape index (κ1) is 18.9. The summed E-state index contributed by atoms with van der Waals surface area (Å²) >= 11 is 0. The number of hydrogen-bond acceptors (Lipinski definition) is 4. The first-order valence-corrected chi connectivity index (χ1v) is 9.64. The summed E-state index contributed by atoms with van der Waals surface area (Å²) < 4.78 is 15.7. The molecule has 0 radical (unpaired) electrons. The minimum atomic E-state index is -4.64. The van der Waals surface area contributed by atoms with Crippen molar-refractivity contribution in [2.24, 2.45) is 5.16 Å². The van der Waals surface area contributed by atoms with Gasteiger partial charge in [-0.25, -0.2) is 4.57 Å². The predicted octanol–water partition coefficient (Wildman–Crippen LogP) is 3.95. The van der Waals surface area contributed by atoms with E-state index in [0.29, 0.717) is 0 Å². The lowest BCUT2D eigenvalue weighted by molar-refractivity contribution is 0.283. The molecule has 0 amide bonds. The average Bonchev–Trinajstić information content (AvgIpc) is 2.67. The molecule has 3 aromatic carbocycles. The van der Waals surface area contributed by atoms with Gasteiger partial charge in [0.2, 0.25) is 0 Å². The highest BCUT2D eigenvalue weighted by molar-refractivity contribution is 7.46. The van der Waals surface area contributed by atoms with E-state index in [0.717, 1.165) is 16.7 Å². The van der Waals surface area contributed by atoms with Crippen LogP contribution in [0, 0.1) is 0 Å². The summed E-state index contributed by atoms with van der Waals surface area (Å²) in [4.78, 5) is 18.0. The van der Waals surface area contributed by atoms with Gasteiger partial charge >= 0.3 is 7.82 Å². The fourth-order valence-electron chi connectivity index (χ4n) is 3.13. The van der Waals surface area contributed by atoms with Gasteiger partial charge in [-0.05, 0) is 28.8 Å². The number of hydrogen-bond donors (Lipinski definition) is 3. The minimum absolute atomic E-state index is 0.0445. The summed E-state index contributed by atoms with van der Waals surface area (Å²) in [5.41, 5.74) is 1.60. The number of phosphoric ester groups is 1.